The maximum Gasteiger partial charge on any atom is 0.262 e. The highest BCUT2D eigenvalue weighted by atomic mass is 79.9. The molecular weight excluding hydrogens is 330 g/mol. The van der Waals surface area contributed by atoms with Crippen LogP contribution in [0.3, 0.4) is 0 Å². The molecule has 0 radical (unpaired) electrons. The Labute approximate surface area is 133 Å². The van der Waals surface area contributed by atoms with Gasteiger partial charge in [-0.15, -0.1) is 0 Å². The average Bonchev–Trinajstić information content (AvgIpc) is 2.37. The van der Waals surface area contributed by atoms with E-state index in [1.54, 1.807) is 0 Å². The van der Waals surface area contributed by atoms with Crippen molar-refractivity contribution < 1.29 is 9.53 Å². The molecule has 0 aliphatic rings. The van der Waals surface area contributed by atoms with Gasteiger partial charge in [0.1, 0.15) is 5.75 Å². The number of aryl methyl sites for hydroxylation is 3. The van der Waals surface area contributed by atoms with E-state index in [-0.39, 0.29) is 12.5 Å². The number of rotatable bonds is 4. The number of carbonyl (C=O) groups excluding carboxylic acids is 1. The fourth-order valence-electron chi connectivity index (χ4n) is 2.30. The number of anilines is 1. The summed E-state index contributed by atoms with van der Waals surface area (Å²) in [5, 5.41) is 2.81. The van der Waals surface area contributed by atoms with Gasteiger partial charge in [0.2, 0.25) is 0 Å². The molecule has 1 N–H and O–H groups in total. The van der Waals surface area contributed by atoms with Crippen molar-refractivity contribution in [3.05, 3.63) is 57.6 Å². The van der Waals surface area contributed by atoms with Gasteiger partial charge in [0.05, 0.1) is 0 Å². The minimum absolute atomic E-state index is 0.00272. The number of amides is 1. The second-order valence-corrected chi connectivity index (χ2v) is 5.99. The van der Waals surface area contributed by atoms with Crippen LogP contribution in [0.1, 0.15) is 16.7 Å². The molecule has 0 saturated carbocycles. The molecule has 21 heavy (non-hydrogen) atoms. The van der Waals surface area contributed by atoms with Crippen LogP contribution in [-0.2, 0) is 4.79 Å². The van der Waals surface area contributed by atoms with E-state index in [2.05, 4.69) is 33.4 Å². The smallest absolute Gasteiger partial charge is 0.262 e. The van der Waals surface area contributed by atoms with Crippen LogP contribution in [0.25, 0.3) is 0 Å². The SMILES string of the molecule is Cc1cc(C)c(OCC(=O)Nc2cccc(Br)c2)c(C)c1. The van der Waals surface area contributed by atoms with E-state index in [0.717, 1.165) is 27.0 Å². The highest BCUT2D eigenvalue weighted by molar-refractivity contribution is 9.10. The van der Waals surface area contributed by atoms with Gasteiger partial charge in [-0.1, -0.05) is 39.7 Å². The Morgan fingerprint density at radius 3 is 2.43 bits per heavy atom. The van der Waals surface area contributed by atoms with Crippen LogP contribution in [0.2, 0.25) is 0 Å². The number of hydrogen-bond donors (Lipinski definition) is 1. The van der Waals surface area contributed by atoms with Gasteiger partial charge in [-0.3, -0.25) is 4.79 Å². The number of nitrogens with one attached hydrogen (secondary N) is 1. The van der Waals surface area contributed by atoms with Crippen molar-refractivity contribution in [2.45, 2.75) is 20.8 Å². The van der Waals surface area contributed by atoms with Crippen molar-refractivity contribution in [2.24, 2.45) is 0 Å². The molecule has 3 nitrogen and oxygen atoms in total. The molecule has 0 aliphatic heterocycles. The third-order valence-corrected chi connectivity index (χ3v) is 3.55. The van der Waals surface area contributed by atoms with Crippen LogP contribution < -0.4 is 10.1 Å². The van der Waals surface area contributed by atoms with E-state index < -0.39 is 0 Å². The highest BCUT2D eigenvalue weighted by Crippen LogP contribution is 2.24. The van der Waals surface area contributed by atoms with Crippen molar-refractivity contribution >= 4 is 27.5 Å². The van der Waals surface area contributed by atoms with Crippen LogP contribution in [0, 0.1) is 20.8 Å². The van der Waals surface area contributed by atoms with Gasteiger partial charge in [-0.05, 0) is 50.1 Å². The predicted octanol–water partition coefficient (Wildman–Crippen LogP) is 4.39. The van der Waals surface area contributed by atoms with E-state index in [0.29, 0.717) is 0 Å². The van der Waals surface area contributed by atoms with Crippen molar-refractivity contribution in [1.82, 2.24) is 0 Å². The third-order valence-electron chi connectivity index (χ3n) is 3.06. The molecular formula is C17H18BrNO2. The lowest BCUT2D eigenvalue weighted by Crippen LogP contribution is -2.20. The summed E-state index contributed by atoms with van der Waals surface area (Å²) in [6.45, 7) is 6.02. The topological polar surface area (TPSA) is 38.3 Å². The molecule has 0 saturated heterocycles. The zero-order valence-corrected chi connectivity index (χ0v) is 14.0. The molecule has 2 aromatic rings. The molecule has 2 aromatic carbocycles. The maximum atomic E-state index is 11.9. The van der Waals surface area contributed by atoms with E-state index in [9.17, 15) is 4.79 Å². The van der Waals surface area contributed by atoms with Gasteiger partial charge in [0.15, 0.2) is 6.61 Å². The van der Waals surface area contributed by atoms with Gasteiger partial charge in [-0.25, -0.2) is 0 Å². The van der Waals surface area contributed by atoms with Crippen LogP contribution in [-0.4, -0.2) is 12.5 Å². The Kier molecular flexibility index (Phi) is 5.02. The van der Waals surface area contributed by atoms with Crippen molar-refractivity contribution in [3.63, 3.8) is 0 Å². The van der Waals surface area contributed by atoms with Crippen molar-refractivity contribution in [2.75, 3.05) is 11.9 Å². The number of hydrogen-bond acceptors (Lipinski definition) is 2. The first-order valence-electron chi connectivity index (χ1n) is 6.72. The molecule has 110 valence electrons. The van der Waals surface area contributed by atoms with Gasteiger partial charge in [0, 0.05) is 10.2 Å². The first-order chi connectivity index (χ1) is 9.95. The Morgan fingerprint density at radius 2 is 1.81 bits per heavy atom. The number of carbonyl (C=O) groups is 1. The molecule has 0 bridgehead atoms. The van der Waals surface area contributed by atoms with Gasteiger partial charge < -0.3 is 10.1 Å². The summed E-state index contributed by atoms with van der Waals surface area (Å²) in [5.41, 5.74) is 4.02. The maximum absolute atomic E-state index is 11.9. The first kappa shape index (κ1) is 15.6. The third kappa shape index (κ3) is 4.33. The van der Waals surface area contributed by atoms with Gasteiger partial charge >= 0.3 is 0 Å². The quantitative estimate of drug-likeness (QED) is 0.890. The van der Waals surface area contributed by atoms with E-state index in [4.69, 9.17) is 4.74 Å². The number of halogens is 1. The summed E-state index contributed by atoms with van der Waals surface area (Å²) < 4.78 is 6.59. The van der Waals surface area contributed by atoms with E-state index in [1.165, 1.54) is 5.56 Å². The lowest BCUT2D eigenvalue weighted by Gasteiger charge is -2.13. The Balaban J connectivity index is 1.99. The highest BCUT2D eigenvalue weighted by Gasteiger charge is 2.08. The number of ether oxygens (including phenoxy) is 1. The van der Waals surface area contributed by atoms with E-state index in [1.807, 2.05) is 45.0 Å². The summed E-state index contributed by atoms with van der Waals surface area (Å²) >= 11 is 3.37. The molecule has 0 aliphatic carbocycles. The van der Waals surface area contributed by atoms with Gasteiger partial charge in [0.25, 0.3) is 5.91 Å². The largest absolute Gasteiger partial charge is 0.483 e. The summed E-state index contributed by atoms with van der Waals surface area (Å²) in [6, 6.07) is 11.6. The molecule has 0 atom stereocenters. The fourth-order valence-corrected chi connectivity index (χ4v) is 2.69. The zero-order chi connectivity index (χ0) is 15.4. The fraction of sp³-hybridized carbons (Fsp3) is 0.235. The van der Waals surface area contributed by atoms with Crippen molar-refractivity contribution in [3.8, 4) is 5.75 Å². The second-order valence-electron chi connectivity index (χ2n) is 5.08. The number of benzene rings is 2. The minimum Gasteiger partial charge on any atom is -0.483 e. The van der Waals surface area contributed by atoms with E-state index >= 15 is 0 Å². The molecule has 0 unspecified atom stereocenters. The predicted molar refractivity (Wildman–Crippen MR) is 88.9 cm³/mol. The Bertz CT molecular complexity index is 645. The van der Waals surface area contributed by atoms with Crippen LogP contribution in [0.4, 0.5) is 5.69 Å². The molecule has 0 aromatic heterocycles. The summed E-state index contributed by atoms with van der Waals surface area (Å²) in [6.07, 6.45) is 0. The molecule has 0 heterocycles. The normalized spacial score (nSPS) is 10.3. The molecule has 0 fully saturated rings. The summed E-state index contributed by atoms with van der Waals surface area (Å²) in [7, 11) is 0. The summed E-state index contributed by atoms with van der Waals surface area (Å²) in [5.74, 6) is 0.609. The molecule has 2 rings (SSSR count). The minimum atomic E-state index is -0.174. The molecule has 1 amide bonds. The van der Waals surface area contributed by atoms with Crippen LogP contribution in [0.15, 0.2) is 40.9 Å². The lowest BCUT2D eigenvalue weighted by atomic mass is 10.1. The lowest BCUT2D eigenvalue weighted by molar-refractivity contribution is -0.118. The Morgan fingerprint density at radius 1 is 1.14 bits per heavy atom. The Hall–Kier alpha value is -1.81. The van der Waals surface area contributed by atoms with Crippen LogP contribution >= 0.6 is 15.9 Å². The first-order valence-corrected chi connectivity index (χ1v) is 7.51. The molecule has 4 heteroatoms. The monoisotopic (exact) mass is 347 g/mol. The zero-order valence-electron chi connectivity index (χ0n) is 12.4. The van der Waals surface area contributed by atoms with Crippen LogP contribution in [0.5, 0.6) is 5.75 Å². The standard InChI is InChI=1S/C17H18BrNO2/c1-11-7-12(2)17(13(3)8-11)21-10-16(20)19-15-6-4-5-14(18)9-15/h4-9H,10H2,1-3H3,(H,19,20). The molecule has 0 spiro atoms. The van der Waals surface area contributed by atoms with Gasteiger partial charge in [-0.2, -0.15) is 0 Å². The second kappa shape index (κ2) is 6.76. The summed E-state index contributed by atoms with van der Waals surface area (Å²) in [4.78, 5) is 11.9. The average molecular weight is 348 g/mol. The van der Waals surface area contributed by atoms with Crippen molar-refractivity contribution in [1.29, 1.82) is 0 Å².